The highest BCUT2D eigenvalue weighted by Gasteiger charge is 2.18. The van der Waals surface area contributed by atoms with Gasteiger partial charge in [0.05, 0.1) is 15.6 Å². The van der Waals surface area contributed by atoms with Crippen molar-refractivity contribution in [3.8, 4) is 22.1 Å². The van der Waals surface area contributed by atoms with Crippen LogP contribution in [0.25, 0.3) is 10.6 Å². The Bertz CT molecular complexity index is 963. The van der Waals surface area contributed by atoms with Gasteiger partial charge in [-0.05, 0) is 18.2 Å². The van der Waals surface area contributed by atoms with Crippen molar-refractivity contribution in [2.24, 2.45) is 0 Å². The molecule has 1 aromatic heterocycles. The fourth-order valence-electron chi connectivity index (χ4n) is 2.26. The lowest BCUT2D eigenvalue weighted by Gasteiger charge is -2.14. The minimum absolute atomic E-state index is 0.00482. The number of hydrogen-bond acceptors (Lipinski definition) is 5. The van der Waals surface area contributed by atoms with Crippen LogP contribution in [0.15, 0.2) is 47.8 Å². The standard InChI is InChI=1S/C19H17ClN2O3S/c1-19(2,3)17-11-26-18(21-17)12-5-4-6-14(9-12)25-16-8-7-13(22(23)24)10-15(16)20/h4-11H,1-3H3. The number of nitrogens with zero attached hydrogens (tertiary/aromatic N) is 2. The summed E-state index contributed by atoms with van der Waals surface area (Å²) in [6.45, 7) is 6.38. The molecule has 3 rings (SSSR count). The summed E-state index contributed by atoms with van der Waals surface area (Å²) in [5.74, 6) is 0.953. The van der Waals surface area contributed by atoms with Crippen molar-refractivity contribution in [1.29, 1.82) is 0 Å². The van der Waals surface area contributed by atoms with E-state index in [9.17, 15) is 10.1 Å². The molecule has 0 amide bonds. The summed E-state index contributed by atoms with van der Waals surface area (Å²) in [4.78, 5) is 15.0. The molecule has 5 nitrogen and oxygen atoms in total. The number of thiazole rings is 1. The number of aromatic nitrogens is 1. The van der Waals surface area contributed by atoms with Gasteiger partial charge in [-0.3, -0.25) is 10.1 Å². The van der Waals surface area contributed by atoms with Gasteiger partial charge < -0.3 is 4.74 Å². The van der Waals surface area contributed by atoms with Crippen LogP contribution in [0.2, 0.25) is 5.02 Å². The molecule has 0 atom stereocenters. The lowest BCUT2D eigenvalue weighted by molar-refractivity contribution is -0.384. The predicted octanol–water partition coefficient (Wildman–Crippen LogP) is 6.46. The number of halogens is 1. The van der Waals surface area contributed by atoms with Crippen LogP contribution in [-0.2, 0) is 5.41 Å². The quantitative estimate of drug-likeness (QED) is 0.380. The number of non-ortho nitro benzene ring substituents is 1. The van der Waals surface area contributed by atoms with E-state index in [1.807, 2.05) is 18.2 Å². The minimum atomic E-state index is -0.494. The van der Waals surface area contributed by atoms with Crippen LogP contribution in [0.3, 0.4) is 0 Å². The lowest BCUT2D eigenvalue weighted by atomic mass is 9.93. The van der Waals surface area contributed by atoms with Gasteiger partial charge >= 0.3 is 0 Å². The molecule has 0 fully saturated rings. The topological polar surface area (TPSA) is 65.3 Å². The van der Waals surface area contributed by atoms with E-state index in [2.05, 4.69) is 26.2 Å². The number of ether oxygens (including phenoxy) is 1. The highest BCUT2D eigenvalue weighted by atomic mass is 35.5. The molecule has 0 aliphatic carbocycles. The molecule has 3 aromatic rings. The largest absolute Gasteiger partial charge is 0.456 e. The third-order valence-electron chi connectivity index (χ3n) is 3.71. The molecule has 0 spiro atoms. The summed E-state index contributed by atoms with van der Waals surface area (Å²) in [6.07, 6.45) is 0. The van der Waals surface area contributed by atoms with Crippen LogP contribution in [0, 0.1) is 10.1 Å². The van der Waals surface area contributed by atoms with Crippen LogP contribution in [0.5, 0.6) is 11.5 Å². The molecule has 0 N–H and O–H groups in total. The van der Waals surface area contributed by atoms with Crippen LogP contribution in [0.1, 0.15) is 26.5 Å². The summed E-state index contributed by atoms with van der Waals surface area (Å²) < 4.78 is 5.80. The summed E-state index contributed by atoms with van der Waals surface area (Å²) >= 11 is 7.68. The van der Waals surface area contributed by atoms with Crippen molar-refractivity contribution in [3.05, 3.63) is 68.7 Å². The van der Waals surface area contributed by atoms with Crippen molar-refractivity contribution < 1.29 is 9.66 Å². The van der Waals surface area contributed by atoms with Gasteiger partial charge in [-0.25, -0.2) is 4.98 Å². The zero-order valence-corrected chi connectivity index (χ0v) is 16.1. The first kappa shape index (κ1) is 18.4. The van der Waals surface area contributed by atoms with Crippen molar-refractivity contribution in [2.75, 3.05) is 0 Å². The Morgan fingerprint density at radius 3 is 2.58 bits per heavy atom. The Labute approximate surface area is 160 Å². The van der Waals surface area contributed by atoms with Crippen LogP contribution < -0.4 is 4.74 Å². The van der Waals surface area contributed by atoms with E-state index in [1.54, 1.807) is 17.4 Å². The number of hydrogen-bond donors (Lipinski definition) is 0. The van der Waals surface area contributed by atoms with Crippen molar-refractivity contribution in [2.45, 2.75) is 26.2 Å². The molecular formula is C19H17ClN2O3S. The monoisotopic (exact) mass is 388 g/mol. The molecule has 26 heavy (non-hydrogen) atoms. The smallest absolute Gasteiger partial charge is 0.271 e. The Balaban J connectivity index is 1.86. The molecule has 2 aromatic carbocycles. The van der Waals surface area contributed by atoms with E-state index in [0.29, 0.717) is 11.5 Å². The predicted molar refractivity (Wildman–Crippen MR) is 104 cm³/mol. The van der Waals surface area contributed by atoms with E-state index in [0.717, 1.165) is 16.3 Å². The van der Waals surface area contributed by atoms with E-state index in [-0.39, 0.29) is 16.1 Å². The van der Waals surface area contributed by atoms with Gasteiger partial charge in [0.15, 0.2) is 0 Å². The number of benzene rings is 2. The van der Waals surface area contributed by atoms with Gasteiger partial charge in [0.2, 0.25) is 0 Å². The minimum Gasteiger partial charge on any atom is -0.456 e. The third-order valence-corrected chi connectivity index (χ3v) is 4.89. The molecule has 0 saturated carbocycles. The maximum absolute atomic E-state index is 10.8. The van der Waals surface area contributed by atoms with Gasteiger partial charge in [-0.1, -0.05) is 44.5 Å². The number of nitro groups is 1. The summed E-state index contributed by atoms with van der Waals surface area (Å²) in [6, 6.07) is 11.7. The van der Waals surface area contributed by atoms with Gasteiger partial charge in [0.25, 0.3) is 5.69 Å². The first-order chi connectivity index (χ1) is 12.2. The molecule has 0 bridgehead atoms. The molecule has 0 radical (unpaired) electrons. The fourth-order valence-corrected chi connectivity index (χ4v) is 3.51. The molecule has 134 valence electrons. The van der Waals surface area contributed by atoms with E-state index in [4.69, 9.17) is 21.3 Å². The highest BCUT2D eigenvalue weighted by molar-refractivity contribution is 7.13. The Hall–Kier alpha value is -2.44. The normalized spacial score (nSPS) is 11.4. The summed E-state index contributed by atoms with van der Waals surface area (Å²) in [5.41, 5.74) is 1.91. The second-order valence-corrected chi connectivity index (χ2v) is 8.05. The Morgan fingerprint density at radius 2 is 1.96 bits per heavy atom. The molecule has 0 aliphatic heterocycles. The zero-order valence-electron chi connectivity index (χ0n) is 14.5. The molecular weight excluding hydrogens is 372 g/mol. The molecule has 0 aliphatic rings. The number of nitro benzene ring substituents is 1. The Kier molecular flexibility index (Phi) is 4.98. The van der Waals surface area contributed by atoms with Crippen LogP contribution >= 0.6 is 22.9 Å². The molecule has 1 heterocycles. The van der Waals surface area contributed by atoms with Crippen molar-refractivity contribution in [3.63, 3.8) is 0 Å². The van der Waals surface area contributed by atoms with Gasteiger partial charge in [0.1, 0.15) is 16.5 Å². The Morgan fingerprint density at radius 1 is 1.19 bits per heavy atom. The van der Waals surface area contributed by atoms with E-state index < -0.39 is 4.92 Å². The van der Waals surface area contributed by atoms with Crippen LogP contribution in [0.4, 0.5) is 5.69 Å². The summed E-state index contributed by atoms with van der Waals surface area (Å²) in [7, 11) is 0. The fraction of sp³-hybridized carbons (Fsp3) is 0.211. The first-order valence-electron chi connectivity index (χ1n) is 7.92. The maximum Gasteiger partial charge on any atom is 0.271 e. The zero-order chi connectivity index (χ0) is 18.9. The van der Waals surface area contributed by atoms with Crippen LogP contribution in [-0.4, -0.2) is 9.91 Å². The second kappa shape index (κ2) is 7.05. The van der Waals surface area contributed by atoms with Crippen molar-refractivity contribution >= 4 is 28.6 Å². The summed E-state index contributed by atoms with van der Waals surface area (Å²) in [5, 5.41) is 14.0. The average Bonchev–Trinajstić information content (AvgIpc) is 3.07. The molecule has 0 saturated heterocycles. The van der Waals surface area contributed by atoms with E-state index in [1.165, 1.54) is 18.2 Å². The van der Waals surface area contributed by atoms with Gasteiger partial charge in [0, 0.05) is 28.5 Å². The van der Waals surface area contributed by atoms with Gasteiger partial charge in [-0.15, -0.1) is 11.3 Å². The van der Waals surface area contributed by atoms with Gasteiger partial charge in [-0.2, -0.15) is 0 Å². The average molecular weight is 389 g/mol. The van der Waals surface area contributed by atoms with Crippen molar-refractivity contribution in [1.82, 2.24) is 4.98 Å². The third kappa shape index (κ3) is 4.03. The first-order valence-corrected chi connectivity index (χ1v) is 9.18. The van der Waals surface area contributed by atoms with E-state index >= 15 is 0 Å². The maximum atomic E-state index is 10.8. The molecule has 7 heteroatoms. The number of rotatable bonds is 4. The lowest BCUT2D eigenvalue weighted by Crippen LogP contribution is -2.11. The highest BCUT2D eigenvalue weighted by Crippen LogP contribution is 2.35. The second-order valence-electron chi connectivity index (χ2n) is 6.79. The molecule has 0 unspecified atom stereocenters. The SMILES string of the molecule is CC(C)(C)c1csc(-c2cccc(Oc3ccc([N+](=O)[O-])cc3Cl)c2)n1.